The number of thioether (sulfide) groups is 1. The Morgan fingerprint density at radius 3 is 2.89 bits per heavy atom. The van der Waals surface area contributed by atoms with Gasteiger partial charge < -0.3 is 5.32 Å². The molecular weight excluding hydrogens is 270 g/mol. The van der Waals surface area contributed by atoms with E-state index in [4.69, 9.17) is 11.6 Å². The molecule has 2 heterocycles. The van der Waals surface area contributed by atoms with Crippen molar-refractivity contribution in [1.29, 1.82) is 0 Å². The molecule has 1 saturated carbocycles. The smallest absolute Gasteiger partial charge is 0.190 e. The van der Waals surface area contributed by atoms with Crippen LogP contribution < -0.4 is 5.32 Å². The molecular formula is C11H12ClN5S. The highest BCUT2D eigenvalue weighted by atomic mass is 35.5. The van der Waals surface area contributed by atoms with Crippen molar-refractivity contribution in [2.45, 2.75) is 23.9 Å². The number of aromatic amines is 1. The van der Waals surface area contributed by atoms with Crippen LogP contribution in [0.1, 0.15) is 24.5 Å². The maximum absolute atomic E-state index is 5.93. The van der Waals surface area contributed by atoms with Crippen molar-refractivity contribution >= 4 is 35.0 Å². The van der Waals surface area contributed by atoms with Gasteiger partial charge >= 0.3 is 0 Å². The molecule has 1 aliphatic carbocycles. The summed E-state index contributed by atoms with van der Waals surface area (Å²) in [5.74, 6) is 2.08. The molecule has 18 heavy (non-hydrogen) atoms. The first-order chi connectivity index (χ1) is 8.74. The first-order valence-electron chi connectivity index (χ1n) is 5.65. The number of nitrogens with one attached hydrogen (secondary N) is 2. The number of hydrogen-bond donors (Lipinski definition) is 2. The second kappa shape index (κ2) is 4.78. The van der Waals surface area contributed by atoms with Gasteiger partial charge in [0.1, 0.15) is 11.0 Å². The van der Waals surface area contributed by atoms with E-state index >= 15 is 0 Å². The predicted molar refractivity (Wildman–Crippen MR) is 72.7 cm³/mol. The fourth-order valence-corrected chi connectivity index (χ4v) is 2.30. The molecule has 7 heteroatoms. The van der Waals surface area contributed by atoms with Gasteiger partial charge in [0.05, 0.1) is 0 Å². The molecule has 2 aromatic heterocycles. The van der Waals surface area contributed by atoms with E-state index in [0.717, 1.165) is 5.82 Å². The predicted octanol–water partition coefficient (Wildman–Crippen LogP) is 3.20. The molecule has 3 rings (SSSR count). The molecule has 2 aromatic rings. The number of rotatable bonds is 4. The molecule has 0 atom stereocenters. The SMILES string of the molecule is CSc1nc(Cl)cc(Nc2cc(C3CC3)[nH]n2)n1. The Bertz CT molecular complexity index is 566. The molecule has 0 radical (unpaired) electrons. The molecule has 2 N–H and O–H groups in total. The molecule has 5 nitrogen and oxygen atoms in total. The van der Waals surface area contributed by atoms with Gasteiger partial charge in [0, 0.05) is 23.7 Å². The molecule has 94 valence electrons. The third-order valence-corrected chi connectivity index (χ3v) is 3.47. The maximum atomic E-state index is 5.93. The Kier molecular flexibility index (Phi) is 3.13. The van der Waals surface area contributed by atoms with E-state index in [0.29, 0.717) is 22.0 Å². The Hall–Kier alpha value is -1.27. The topological polar surface area (TPSA) is 66.5 Å². The van der Waals surface area contributed by atoms with Crippen LogP contribution in [-0.2, 0) is 0 Å². The van der Waals surface area contributed by atoms with Crippen molar-refractivity contribution in [2.24, 2.45) is 0 Å². The number of aromatic nitrogens is 4. The summed E-state index contributed by atoms with van der Waals surface area (Å²) in [6.07, 6.45) is 4.41. The average Bonchev–Trinajstić information content (AvgIpc) is 3.10. The van der Waals surface area contributed by atoms with Crippen LogP contribution in [0.2, 0.25) is 5.15 Å². The van der Waals surface area contributed by atoms with Gasteiger partial charge in [-0.3, -0.25) is 5.10 Å². The van der Waals surface area contributed by atoms with Gasteiger partial charge in [-0.2, -0.15) is 5.10 Å². The van der Waals surface area contributed by atoms with Crippen LogP contribution in [0.25, 0.3) is 0 Å². The summed E-state index contributed by atoms with van der Waals surface area (Å²) in [5.41, 5.74) is 1.18. The van der Waals surface area contributed by atoms with Crippen molar-refractivity contribution in [3.05, 3.63) is 23.0 Å². The maximum Gasteiger partial charge on any atom is 0.190 e. The Morgan fingerprint density at radius 2 is 2.17 bits per heavy atom. The fourth-order valence-electron chi connectivity index (χ4n) is 1.69. The standard InChI is InChI=1S/C11H12ClN5S/c1-18-11-13-8(12)5-9(15-11)14-10-4-7(16-17-10)6-2-3-6/h4-6H,2-3H2,1H3,(H2,13,14,15,16,17). The van der Waals surface area contributed by atoms with Crippen molar-refractivity contribution < 1.29 is 0 Å². The van der Waals surface area contributed by atoms with E-state index in [-0.39, 0.29) is 0 Å². The second-order valence-electron chi connectivity index (χ2n) is 4.17. The zero-order valence-electron chi connectivity index (χ0n) is 9.77. The van der Waals surface area contributed by atoms with Crippen LogP contribution in [0.3, 0.4) is 0 Å². The summed E-state index contributed by atoms with van der Waals surface area (Å²) in [6, 6.07) is 3.71. The lowest BCUT2D eigenvalue weighted by molar-refractivity contribution is 0.959. The van der Waals surface area contributed by atoms with Crippen LogP contribution in [0.5, 0.6) is 0 Å². The minimum absolute atomic E-state index is 0.426. The van der Waals surface area contributed by atoms with Gasteiger partial charge in [-0.05, 0) is 19.1 Å². The Labute approximate surface area is 114 Å². The molecule has 0 spiro atoms. The number of hydrogen-bond acceptors (Lipinski definition) is 5. The van der Waals surface area contributed by atoms with Crippen LogP contribution in [0.4, 0.5) is 11.6 Å². The molecule has 1 fully saturated rings. The van der Waals surface area contributed by atoms with Gasteiger partial charge in [0.25, 0.3) is 0 Å². The van der Waals surface area contributed by atoms with Crippen LogP contribution >= 0.6 is 23.4 Å². The van der Waals surface area contributed by atoms with Gasteiger partial charge in [0.15, 0.2) is 11.0 Å². The molecule has 0 amide bonds. The summed E-state index contributed by atoms with van der Waals surface area (Å²) < 4.78 is 0. The Balaban J connectivity index is 1.79. The first-order valence-corrected chi connectivity index (χ1v) is 7.26. The fraction of sp³-hybridized carbons (Fsp3) is 0.364. The molecule has 0 aliphatic heterocycles. The average molecular weight is 282 g/mol. The molecule has 1 aliphatic rings. The molecule has 0 aromatic carbocycles. The van der Waals surface area contributed by atoms with Crippen molar-refractivity contribution in [3.8, 4) is 0 Å². The lowest BCUT2D eigenvalue weighted by atomic mass is 10.3. The monoisotopic (exact) mass is 281 g/mol. The number of nitrogens with zero attached hydrogens (tertiary/aromatic N) is 3. The minimum Gasteiger partial charge on any atom is -0.323 e. The van der Waals surface area contributed by atoms with Gasteiger partial charge in [-0.15, -0.1) is 0 Å². The van der Waals surface area contributed by atoms with E-state index in [1.54, 1.807) is 6.07 Å². The first kappa shape index (κ1) is 11.8. The van der Waals surface area contributed by atoms with E-state index < -0.39 is 0 Å². The molecule has 0 bridgehead atoms. The van der Waals surface area contributed by atoms with E-state index in [2.05, 4.69) is 25.5 Å². The van der Waals surface area contributed by atoms with Crippen LogP contribution in [-0.4, -0.2) is 26.4 Å². The van der Waals surface area contributed by atoms with Gasteiger partial charge in [0.2, 0.25) is 0 Å². The second-order valence-corrected chi connectivity index (χ2v) is 5.33. The number of anilines is 2. The normalized spacial score (nSPS) is 14.8. The zero-order valence-corrected chi connectivity index (χ0v) is 11.3. The molecule has 0 unspecified atom stereocenters. The highest BCUT2D eigenvalue weighted by molar-refractivity contribution is 7.98. The quantitative estimate of drug-likeness (QED) is 0.512. The van der Waals surface area contributed by atoms with Crippen molar-refractivity contribution in [1.82, 2.24) is 20.2 Å². The van der Waals surface area contributed by atoms with E-state index in [9.17, 15) is 0 Å². The lowest BCUT2D eigenvalue weighted by Crippen LogP contribution is -1.96. The largest absolute Gasteiger partial charge is 0.323 e. The van der Waals surface area contributed by atoms with Crippen molar-refractivity contribution in [2.75, 3.05) is 11.6 Å². The number of halogens is 1. The third-order valence-electron chi connectivity index (χ3n) is 2.73. The summed E-state index contributed by atoms with van der Waals surface area (Å²) in [6.45, 7) is 0. The summed E-state index contributed by atoms with van der Waals surface area (Å²) in [5, 5.41) is 11.4. The number of H-pyrrole nitrogens is 1. The van der Waals surface area contributed by atoms with Crippen molar-refractivity contribution in [3.63, 3.8) is 0 Å². The summed E-state index contributed by atoms with van der Waals surface area (Å²) in [4.78, 5) is 8.41. The summed E-state index contributed by atoms with van der Waals surface area (Å²) in [7, 11) is 0. The van der Waals surface area contributed by atoms with Crippen LogP contribution in [0.15, 0.2) is 17.3 Å². The highest BCUT2D eigenvalue weighted by Gasteiger charge is 2.25. The van der Waals surface area contributed by atoms with Gasteiger partial charge in [-0.25, -0.2) is 9.97 Å². The summed E-state index contributed by atoms with van der Waals surface area (Å²) >= 11 is 7.38. The van der Waals surface area contributed by atoms with Crippen LogP contribution in [0, 0.1) is 0 Å². The highest BCUT2D eigenvalue weighted by Crippen LogP contribution is 2.39. The lowest BCUT2D eigenvalue weighted by Gasteiger charge is -2.03. The zero-order chi connectivity index (χ0) is 12.5. The Morgan fingerprint density at radius 1 is 1.33 bits per heavy atom. The van der Waals surface area contributed by atoms with E-state index in [1.165, 1.54) is 30.3 Å². The molecule has 0 saturated heterocycles. The third kappa shape index (κ3) is 2.59. The minimum atomic E-state index is 0.426. The van der Waals surface area contributed by atoms with Gasteiger partial charge in [-0.1, -0.05) is 23.4 Å². The van der Waals surface area contributed by atoms with E-state index in [1.807, 2.05) is 12.3 Å².